The van der Waals surface area contributed by atoms with E-state index in [9.17, 15) is 14.0 Å². The summed E-state index contributed by atoms with van der Waals surface area (Å²) in [7, 11) is 0. The van der Waals surface area contributed by atoms with E-state index >= 15 is 0 Å². The van der Waals surface area contributed by atoms with Gasteiger partial charge in [0.1, 0.15) is 11.6 Å². The van der Waals surface area contributed by atoms with Crippen LogP contribution in [-0.2, 0) is 9.59 Å². The van der Waals surface area contributed by atoms with Crippen molar-refractivity contribution in [1.29, 1.82) is 0 Å². The maximum atomic E-state index is 13.9. The Morgan fingerprint density at radius 2 is 1.88 bits per heavy atom. The normalized spacial score (nSPS) is 11.5. The van der Waals surface area contributed by atoms with Gasteiger partial charge in [-0.1, -0.05) is 32.0 Å². The monoisotopic (exact) mass is 358 g/mol. The molecule has 0 fully saturated rings. The molecule has 0 saturated heterocycles. The molecule has 0 aliphatic carbocycles. The number of amides is 2. The third kappa shape index (κ3) is 5.31. The number of ether oxygens (including phenoxy) is 1. The third-order valence-corrected chi connectivity index (χ3v) is 3.98. The fourth-order valence-corrected chi connectivity index (χ4v) is 2.47. The smallest absolute Gasteiger partial charge is 0.262 e. The molecule has 0 bridgehead atoms. The lowest BCUT2D eigenvalue weighted by Gasteiger charge is -2.15. The van der Waals surface area contributed by atoms with Crippen LogP contribution >= 0.6 is 0 Å². The molecule has 0 saturated carbocycles. The van der Waals surface area contributed by atoms with Gasteiger partial charge < -0.3 is 15.4 Å². The van der Waals surface area contributed by atoms with E-state index in [0.717, 1.165) is 12.0 Å². The van der Waals surface area contributed by atoms with E-state index in [-0.39, 0.29) is 18.2 Å². The lowest BCUT2D eigenvalue weighted by atomic mass is 9.98. The minimum absolute atomic E-state index is 0.0138. The zero-order chi connectivity index (χ0) is 19.1. The molecule has 5 nitrogen and oxygen atoms in total. The number of benzene rings is 2. The standard InChI is InChI=1S/C20H23FN2O3/c1-4-13(2)16-7-5-6-8-19(16)26-12-20(25)23-18-11-15(22-14(3)24)9-10-17(18)21/h5-11,13H,4,12H2,1-3H3,(H,22,24)(H,23,25). The van der Waals surface area contributed by atoms with E-state index in [1.165, 1.54) is 25.1 Å². The second kappa shape index (κ2) is 8.99. The van der Waals surface area contributed by atoms with Gasteiger partial charge in [0.05, 0.1) is 5.69 Å². The van der Waals surface area contributed by atoms with Crippen molar-refractivity contribution >= 4 is 23.2 Å². The van der Waals surface area contributed by atoms with Crippen LogP contribution in [0.4, 0.5) is 15.8 Å². The first-order valence-corrected chi connectivity index (χ1v) is 8.49. The summed E-state index contributed by atoms with van der Waals surface area (Å²) in [5.41, 5.74) is 1.42. The number of carbonyl (C=O) groups is 2. The summed E-state index contributed by atoms with van der Waals surface area (Å²) >= 11 is 0. The molecule has 0 spiro atoms. The van der Waals surface area contributed by atoms with Crippen LogP contribution in [0.2, 0.25) is 0 Å². The summed E-state index contributed by atoms with van der Waals surface area (Å²) in [4.78, 5) is 23.2. The van der Waals surface area contributed by atoms with Gasteiger partial charge in [0.2, 0.25) is 5.91 Å². The Labute approximate surface area is 152 Å². The number of halogens is 1. The van der Waals surface area contributed by atoms with E-state index in [1.807, 2.05) is 24.3 Å². The zero-order valence-corrected chi connectivity index (χ0v) is 15.1. The number of hydrogen-bond acceptors (Lipinski definition) is 3. The number of rotatable bonds is 7. The van der Waals surface area contributed by atoms with E-state index in [2.05, 4.69) is 24.5 Å². The number of hydrogen-bond donors (Lipinski definition) is 2. The summed E-state index contributed by atoms with van der Waals surface area (Å²) in [6.45, 7) is 5.28. The van der Waals surface area contributed by atoms with E-state index in [4.69, 9.17) is 4.74 Å². The van der Waals surface area contributed by atoms with Crippen LogP contribution in [0, 0.1) is 5.82 Å². The Kier molecular flexibility index (Phi) is 6.72. The minimum atomic E-state index is -0.590. The van der Waals surface area contributed by atoms with Crippen LogP contribution in [0.25, 0.3) is 0 Å². The first-order valence-electron chi connectivity index (χ1n) is 8.49. The Morgan fingerprint density at radius 3 is 2.58 bits per heavy atom. The molecule has 0 aliphatic heterocycles. The molecule has 0 heterocycles. The van der Waals surface area contributed by atoms with Crippen LogP contribution in [0.15, 0.2) is 42.5 Å². The highest BCUT2D eigenvalue weighted by Crippen LogP contribution is 2.28. The molecule has 2 N–H and O–H groups in total. The second-order valence-corrected chi connectivity index (χ2v) is 6.06. The van der Waals surface area contributed by atoms with Crippen LogP contribution in [-0.4, -0.2) is 18.4 Å². The van der Waals surface area contributed by atoms with E-state index in [0.29, 0.717) is 17.4 Å². The zero-order valence-electron chi connectivity index (χ0n) is 15.1. The summed E-state index contributed by atoms with van der Waals surface area (Å²) in [5.74, 6) is -0.403. The molecule has 6 heteroatoms. The van der Waals surface area contributed by atoms with Gasteiger partial charge in [-0.15, -0.1) is 0 Å². The molecule has 0 radical (unpaired) electrons. The fourth-order valence-electron chi connectivity index (χ4n) is 2.47. The van der Waals surface area contributed by atoms with Gasteiger partial charge in [-0.05, 0) is 42.2 Å². The predicted molar refractivity (Wildman–Crippen MR) is 100.0 cm³/mol. The Hall–Kier alpha value is -2.89. The fraction of sp³-hybridized carbons (Fsp3) is 0.300. The highest BCUT2D eigenvalue weighted by Gasteiger charge is 2.13. The molecular formula is C20H23FN2O3. The Morgan fingerprint density at radius 1 is 1.15 bits per heavy atom. The van der Waals surface area contributed by atoms with Crippen molar-refractivity contribution in [3.8, 4) is 5.75 Å². The lowest BCUT2D eigenvalue weighted by Crippen LogP contribution is -2.21. The molecular weight excluding hydrogens is 335 g/mol. The average molecular weight is 358 g/mol. The predicted octanol–water partition coefficient (Wildman–Crippen LogP) is 4.32. The molecule has 0 aliphatic rings. The summed E-state index contributed by atoms with van der Waals surface area (Å²) in [6.07, 6.45) is 0.952. The number of para-hydroxylation sites is 1. The quantitative estimate of drug-likeness (QED) is 0.775. The summed E-state index contributed by atoms with van der Waals surface area (Å²) < 4.78 is 19.5. The third-order valence-electron chi connectivity index (χ3n) is 3.98. The molecule has 2 amide bonds. The summed E-state index contributed by atoms with van der Waals surface area (Å²) in [5, 5.41) is 5.01. The first kappa shape index (κ1) is 19.4. The van der Waals surface area contributed by atoms with Crippen molar-refractivity contribution in [1.82, 2.24) is 0 Å². The van der Waals surface area contributed by atoms with Gasteiger partial charge in [-0.2, -0.15) is 0 Å². The van der Waals surface area contributed by atoms with Crippen molar-refractivity contribution in [3.63, 3.8) is 0 Å². The van der Waals surface area contributed by atoms with Crippen molar-refractivity contribution in [2.75, 3.05) is 17.2 Å². The van der Waals surface area contributed by atoms with Crippen LogP contribution in [0.1, 0.15) is 38.7 Å². The molecule has 26 heavy (non-hydrogen) atoms. The van der Waals surface area contributed by atoms with Crippen LogP contribution in [0.3, 0.4) is 0 Å². The van der Waals surface area contributed by atoms with Gasteiger partial charge in [0.15, 0.2) is 6.61 Å². The molecule has 2 aromatic rings. The van der Waals surface area contributed by atoms with Crippen molar-refractivity contribution < 1.29 is 18.7 Å². The largest absolute Gasteiger partial charge is 0.483 e. The van der Waals surface area contributed by atoms with Gasteiger partial charge in [0, 0.05) is 12.6 Å². The van der Waals surface area contributed by atoms with Gasteiger partial charge in [-0.3, -0.25) is 9.59 Å². The Balaban J connectivity index is 2.03. The molecule has 1 atom stereocenters. The molecule has 0 aromatic heterocycles. The second-order valence-electron chi connectivity index (χ2n) is 6.06. The average Bonchev–Trinajstić information content (AvgIpc) is 2.62. The van der Waals surface area contributed by atoms with Crippen LogP contribution in [0.5, 0.6) is 5.75 Å². The molecule has 2 rings (SSSR count). The minimum Gasteiger partial charge on any atom is -0.483 e. The molecule has 2 aromatic carbocycles. The van der Waals surface area contributed by atoms with E-state index in [1.54, 1.807) is 0 Å². The van der Waals surface area contributed by atoms with Gasteiger partial charge in [0.25, 0.3) is 5.91 Å². The first-order chi connectivity index (χ1) is 12.4. The maximum Gasteiger partial charge on any atom is 0.262 e. The van der Waals surface area contributed by atoms with Gasteiger partial charge >= 0.3 is 0 Å². The van der Waals surface area contributed by atoms with Crippen LogP contribution < -0.4 is 15.4 Å². The van der Waals surface area contributed by atoms with Crippen molar-refractivity contribution in [3.05, 3.63) is 53.8 Å². The lowest BCUT2D eigenvalue weighted by molar-refractivity contribution is -0.118. The van der Waals surface area contributed by atoms with Crippen molar-refractivity contribution in [2.24, 2.45) is 0 Å². The molecule has 1 unspecified atom stereocenters. The Bertz CT molecular complexity index is 792. The SMILES string of the molecule is CCC(C)c1ccccc1OCC(=O)Nc1cc(NC(C)=O)ccc1F. The van der Waals surface area contributed by atoms with E-state index < -0.39 is 11.7 Å². The topological polar surface area (TPSA) is 67.4 Å². The molecule has 138 valence electrons. The van der Waals surface area contributed by atoms with Gasteiger partial charge in [-0.25, -0.2) is 4.39 Å². The number of nitrogens with one attached hydrogen (secondary N) is 2. The number of carbonyl (C=O) groups excluding carboxylic acids is 2. The highest BCUT2D eigenvalue weighted by molar-refractivity contribution is 5.94. The maximum absolute atomic E-state index is 13.9. The summed E-state index contributed by atoms with van der Waals surface area (Å²) in [6, 6.07) is 11.5. The van der Waals surface area contributed by atoms with Crippen molar-refractivity contribution in [2.45, 2.75) is 33.1 Å². The highest BCUT2D eigenvalue weighted by atomic mass is 19.1. The number of anilines is 2.